The minimum Gasteiger partial charge on any atom is -0.457 e. The molecule has 80 heavy (non-hydrogen) atoms. The van der Waals surface area contributed by atoms with Gasteiger partial charge < -0.3 is 24.3 Å². The number of anilines is 12. The Kier molecular flexibility index (Phi) is 12.8. The number of rotatable bonds is 12. The monoisotopic (exact) mass is 1040 g/mol. The van der Waals surface area contributed by atoms with Crippen LogP contribution in [0.15, 0.2) is 237 Å². The largest absolute Gasteiger partial charge is 0.457 e. The molecule has 0 saturated carbocycles. The van der Waals surface area contributed by atoms with E-state index in [1.54, 1.807) is 0 Å². The van der Waals surface area contributed by atoms with Crippen LogP contribution in [0.3, 0.4) is 0 Å². The van der Waals surface area contributed by atoms with Crippen LogP contribution in [0.2, 0.25) is 0 Å². The zero-order chi connectivity index (χ0) is 54.9. The molecular formula is C74H69BN4O. The van der Waals surface area contributed by atoms with Crippen LogP contribution in [0.5, 0.6) is 11.5 Å². The molecule has 0 amide bonds. The first-order valence-electron chi connectivity index (χ1n) is 28.7. The van der Waals surface area contributed by atoms with Crippen molar-refractivity contribution in [2.24, 2.45) is 0 Å². The molecule has 2 aliphatic heterocycles. The van der Waals surface area contributed by atoms with Crippen molar-refractivity contribution in [2.45, 2.75) is 90.9 Å². The van der Waals surface area contributed by atoms with Crippen LogP contribution in [0.1, 0.15) is 102 Å². The van der Waals surface area contributed by atoms with E-state index in [0.717, 1.165) is 92.6 Å². The van der Waals surface area contributed by atoms with Gasteiger partial charge in [-0.25, -0.2) is 0 Å². The standard InChI is InChI=1S/C74H69BN4O/c1-50(2)52-40-42-62-60(46-52)75-61-47-53(51(3)4)41-43-63(61)79(67-38-24-22-36-65(67)77(56-30-17-11-18-31-56)57-32-19-12-20-33-57)69-49-58(80-70-39-25-34-59-71(70)74(7,8)45-44-73(59,5)6)48-68(72(69)75)78(62)66-37-23-21-35-64(66)76(54-26-13-9-14-27-54)55-28-15-10-16-29-55/h9-43,46-51H,44-45H2,1-8H3. The number of nitrogens with zero attached hydrogens (tertiary/aromatic N) is 4. The van der Waals surface area contributed by atoms with Crippen molar-refractivity contribution in [2.75, 3.05) is 19.6 Å². The second kappa shape index (κ2) is 20.2. The Morgan fingerprint density at radius 2 is 0.800 bits per heavy atom. The molecule has 10 aromatic rings. The van der Waals surface area contributed by atoms with Crippen molar-refractivity contribution < 1.29 is 4.74 Å². The third kappa shape index (κ3) is 8.73. The Hall–Kier alpha value is -8.74. The summed E-state index contributed by atoms with van der Waals surface area (Å²) < 4.78 is 7.68. The van der Waals surface area contributed by atoms with Crippen molar-refractivity contribution in [3.8, 4) is 11.5 Å². The molecule has 2 heterocycles. The van der Waals surface area contributed by atoms with Crippen LogP contribution in [0.25, 0.3) is 0 Å². The molecule has 0 aromatic heterocycles. The van der Waals surface area contributed by atoms with Gasteiger partial charge in [-0.15, -0.1) is 0 Å². The highest BCUT2D eigenvalue weighted by molar-refractivity contribution is 7.00. The van der Waals surface area contributed by atoms with E-state index >= 15 is 0 Å². The maximum Gasteiger partial charge on any atom is 0.252 e. The van der Waals surface area contributed by atoms with Crippen molar-refractivity contribution in [1.82, 2.24) is 0 Å². The summed E-state index contributed by atoms with van der Waals surface area (Å²) >= 11 is 0. The van der Waals surface area contributed by atoms with Crippen LogP contribution in [-0.2, 0) is 10.8 Å². The normalized spacial score (nSPS) is 14.5. The lowest BCUT2D eigenvalue weighted by molar-refractivity contribution is 0.320. The molecule has 0 bridgehead atoms. The number of hydrogen-bond acceptors (Lipinski definition) is 5. The Morgan fingerprint density at radius 3 is 1.23 bits per heavy atom. The van der Waals surface area contributed by atoms with E-state index in [1.807, 2.05) is 0 Å². The molecule has 3 aliphatic rings. The van der Waals surface area contributed by atoms with E-state index in [9.17, 15) is 0 Å². The predicted molar refractivity (Wildman–Crippen MR) is 340 cm³/mol. The molecule has 1 aliphatic carbocycles. The Bertz CT molecular complexity index is 3620. The number of hydrogen-bond donors (Lipinski definition) is 0. The predicted octanol–water partition coefficient (Wildman–Crippen LogP) is 19.1. The van der Waals surface area contributed by atoms with Gasteiger partial charge in [0.15, 0.2) is 0 Å². The quantitative estimate of drug-likeness (QED) is 0.113. The summed E-state index contributed by atoms with van der Waals surface area (Å²) in [6.07, 6.45) is 2.19. The summed E-state index contributed by atoms with van der Waals surface area (Å²) in [4.78, 5) is 9.94. The van der Waals surface area contributed by atoms with Gasteiger partial charge in [-0.1, -0.05) is 189 Å². The molecule has 0 fully saturated rings. The van der Waals surface area contributed by atoms with Gasteiger partial charge in [-0.05, 0) is 160 Å². The van der Waals surface area contributed by atoms with Crippen molar-refractivity contribution in [3.05, 3.63) is 259 Å². The fourth-order valence-electron chi connectivity index (χ4n) is 13.1. The van der Waals surface area contributed by atoms with Gasteiger partial charge in [0.1, 0.15) is 11.5 Å². The molecule has 394 valence electrons. The van der Waals surface area contributed by atoms with E-state index < -0.39 is 0 Å². The zero-order valence-electron chi connectivity index (χ0n) is 47.4. The van der Waals surface area contributed by atoms with Crippen LogP contribution in [-0.4, -0.2) is 6.71 Å². The molecule has 6 heteroatoms. The number of fused-ring (bicyclic) bond motifs is 5. The minimum atomic E-state index is -0.119. The van der Waals surface area contributed by atoms with Crippen LogP contribution >= 0.6 is 0 Å². The van der Waals surface area contributed by atoms with Crippen LogP contribution in [0, 0.1) is 0 Å². The highest BCUT2D eigenvalue weighted by atomic mass is 16.5. The smallest absolute Gasteiger partial charge is 0.252 e. The highest BCUT2D eigenvalue weighted by Crippen LogP contribution is 2.54. The van der Waals surface area contributed by atoms with E-state index in [4.69, 9.17) is 4.74 Å². The van der Waals surface area contributed by atoms with E-state index in [-0.39, 0.29) is 17.5 Å². The summed E-state index contributed by atoms with van der Waals surface area (Å²) in [5, 5.41) is 0. The molecule has 0 unspecified atom stereocenters. The second-order valence-corrected chi connectivity index (χ2v) is 24.0. The topological polar surface area (TPSA) is 22.2 Å². The van der Waals surface area contributed by atoms with Crippen molar-refractivity contribution in [1.29, 1.82) is 0 Å². The van der Waals surface area contributed by atoms with Crippen molar-refractivity contribution >= 4 is 91.3 Å². The lowest BCUT2D eigenvalue weighted by Gasteiger charge is -2.46. The third-order valence-electron chi connectivity index (χ3n) is 17.2. The fourth-order valence-corrected chi connectivity index (χ4v) is 13.1. The summed E-state index contributed by atoms with van der Waals surface area (Å²) in [7, 11) is 0. The van der Waals surface area contributed by atoms with Crippen molar-refractivity contribution in [3.63, 3.8) is 0 Å². The minimum absolute atomic E-state index is 0.00414. The molecule has 10 aromatic carbocycles. The van der Waals surface area contributed by atoms with Gasteiger partial charge >= 0.3 is 0 Å². The summed E-state index contributed by atoms with van der Waals surface area (Å²) in [6.45, 7) is 18.7. The number of ether oxygens (including phenoxy) is 1. The molecule has 0 saturated heterocycles. The van der Waals surface area contributed by atoms with Crippen LogP contribution in [0.4, 0.5) is 68.2 Å². The van der Waals surface area contributed by atoms with E-state index in [2.05, 4.69) is 312 Å². The maximum atomic E-state index is 7.68. The Morgan fingerprint density at radius 1 is 0.400 bits per heavy atom. The summed E-state index contributed by atoms with van der Waals surface area (Å²) in [5.41, 5.74) is 22.0. The molecule has 0 atom stereocenters. The van der Waals surface area contributed by atoms with Gasteiger partial charge in [-0.2, -0.15) is 0 Å². The lowest BCUT2D eigenvalue weighted by atomic mass is 9.33. The summed E-state index contributed by atoms with van der Waals surface area (Å²) in [6, 6.07) is 87.1. The second-order valence-electron chi connectivity index (χ2n) is 24.0. The molecule has 0 N–H and O–H groups in total. The SMILES string of the molecule is CC(C)c1ccc2c(c1)B1c3cc(C(C)C)ccc3N(c3ccccc3N(c3ccccc3)c3ccccc3)c3cc(Oc4cccc5c4C(C)(C)CCC5(C)C)cc(c31)N2c1ccccc1N(c1ccccc1)c1ccccc1. The fraction of sp³-hybridized carbons (Fsp3) is 0.189. The molecule has 0 radical (unpaired) electrons. The lowest BCUT2D eigenvalue weighted by Crippen LogP contribution is -2.61. The average Bonchev–Trinajstić information content (AvgIpc) is 3.53. The number of benzene rings is 10. The molecule has 13 rings (SSSR count). The first-order chi connectivity index (χ1) is 38.9. The van der Waals surface area contributed by atoms with E-state index in [0.29, 0.717) is 11.8 Å². The first kappa shape index (κ1) is 50.7. The average molecular weight is 1040 g/mol. The zero-order valence-corrected chi connectivity index (χ0v) is 47.4. The van der Waals surface area contributed by atoms with Gasteiger partial charge in [0.05, 0.1) is 22.7 Å². The van der Waals surface area contributed by atoms with Gasteiger partial charge in [0.25, 0.3) is 6.71 Å². The Balaban J connectivity index is 1.15. The maximum absolute atomic E-state index is 7.68. The molecule has 5 nitrogen and oxygen atoms in total. The molecule has 0 spiro atoms. The first-order valence-corrected chi connectivity index (χ1v) is 28.7. The van der Waals surface area contributed by atoms with Gasteiger partial charge in [-0.3, -0.25) is 0 Å². The van der Waals surface area contributed by atoms with Gasteiger partial charge in [0, 0.05) is 63.2 Å². The molecular weight excluding hydrogens is 972 g/mol. The van der Waals surface area contributed by atoms with Gasteiger partial charge in [0.2, 0.25) is 0 Å². The summed E-state index contributed by atoms with van der Waals surface area (Å²) in [5.74, 6) is 2.32. The van der Waals surface area contributed by atoms with E-state index in [1.165, 1.54) is 38.6 Å². The highest BCUT2D eigenvalue weighted by Gasteiger charge is 2.46. The Labute approximate surface area is 474 Å². The van der Waals surface area contributed by atoms with Crippen LogP contribution < -0.4 is 40.7 Å². The third-order valence-corrected chi connectivity index (χ3v) is 17.2. The number of para-hydroxylation sites is 8.